The normalized spacial score (nSPS) is 11.6. The molecular formula is C15H15BrN2O3. The number of rotatable bonds is 5. The standard InChI is InChI=1S/C15H15BrN2O3/c1-20-12-6-4-11(5-7-12)18-14(15(19)21-2)13-8-3-10(16)9-17-13/h3-9,14,18H,1-2H3. The minimum absolute atomic E-state index is 0.402. The van der Waals surface area contributed by atoms with Crippen LogP contribution in [0.5, 0.6) is 5.75 Å². The Balaban J connectivity index is 2.23. The van der Waals surface area contributed by atoms with Gasteiger partial charge in [0.05, 0.1) is 19.9 Å². The van der Waals surface area contributed by atoms with E-state index in [4.69, 9.17) is 9.47 Å². The molecule has 1 unspecified atom stereocenters. The molecule has 0 saturated heterocycles. The first-order valence-electron chi connectivity index (χ1n) is 6.24. The molecule has 110 valence electrons. The number of hydrogen-bond acceptors (Lipinski definition) is 5. The van der Waals surface area contributed by atoms with Crippen molar-refractivity contribution in [2.24, 2.45) is 0 Å². The maximum absolute atomic E-state index is 12.0. The summed E-state index contributed by atoms with van der Waals surface area (Å²) in [7, 11) is 2.95. The van der Waals surface area contributed by atoms with Gasteiger partial charge in [0, 0.05) is 16.4 Å². The lowest BCUT2D eigenvalue weighted by molar-refractivity contribution is -0.141. The molecule has 1 aromatic heterocycles. The average molecular weight is 351 g/mol. The van der Waals surface area contributed by atoms with E-state index in [1.165, 1.54) is 7.11 Å². The van der Waals surface area contributed by atoms with Crippen LogP contribution in [0, 0.1) is 0 Å². The fourth-order valence-corrected chi connectivity index (χ4v) is 2.02. The van der Waals surface area contributed by atoms with Gasteiger partial charge in [-0.3, -0.25) is 4.98 Å². The van der Waals surface area contributed by atoms with Gasteiger partial charge in [-0.25, -0.2) is 4.79 Å². The number of anilines is 1. The van der Waals surface area contributed by atoms with Gasteiger partial charge in [-0.1, -0.05) is 0 Å². The van der Waals surface area contributed by atoms with Gasteiger partial charge in [0.2, 0.25) is 0 Å². The van der Waals surface area contributed by atoms with Crippen molar-refractivity contribution in [3.05, 3.63) is 52.8 Å². The van der Waals surface area contributed by atoms with E-state index in [0.29, 0.717) is 5.69 Å². The molecule has 0 saturated carbocycles. The van der Waals surface area contributed by atoms with Crippen molar-refractivity contribution in [3.8, 4) is 5.75 Å². The fraction of sp³-hybridized carbons (Fsp3) is 0.200. The predicted octanol–water partition coefficient (Wildman–Crippen LogP) is 3.18. The van der Waals surface area contributed by atoms with Gasteiger partial charge in [0.1, 0.15) is 5.75 Å². The third-order valence-corrected chi connectivity index (χ3v) is 3.35. The molecule has 0 amide bonds. The van der Waals surface area contributed by atoms with E-state index in [2.05, 4.69) is 26.2 Å². The molecule has 1 heterocycles. The number of aromatic nitrogens is 1. The maximum atomic E-state index is 12.0. The molecule has 0 spiro atoms. The highest BCUT2D eigenvalue weighted by Gasteiger charge is 2.22. The molecule has 6 heteroatoms. The summed E-state index contributed by atoms with van der Waals surface area (Å²) in [5, 5.41) is 3.11. The SMILES string of the molecule is COC(=O)C(Nc1ccc(OC)cc1)c1ccc(Br)cn1. The number of halogens is 1. The molecule has 0 bridgehead atoms. The Morgan fingerprint density at radius 3 is 2.43 bits per heavy atom. The Bertz CT molecular complexity index is 599. The van der Waals surface area contributed by atoms with E-state index < -0.39 is 12.0 Å². The van der Waals surface area contributed by atoms with Crippen molar-refractivity contribution < 1.29 is 14.3 Å². The first kappa shape index (κ1) is 15.3. The molecule has 21 heavy (non-hydrogen) atoms. The molecule has 2 aromatic rings. The van der Waals surface area contributed by atoms with Gasteiger partial charge in [-0.05, 0) is 52.3 Å². The summed E-state index contributed by atoms with van der Waals surface area (Å²) in [4.78, 5) is 16.2. The van der Waals surface area contributed by atoms with E-state index in [1.807, 2.05) is 30.3 Å². The predicted molar refractivity (Wildman–Crippen MR) is 83.3 cm³/mol. The highest BCUT2D eigenvalue weighted by atomic mass is 79.9. The Hall–Kier alpha value is -2.08. The number of ether oxygens (including phenoxy) is 2. The largest absolute Gasteiger partial charge is 0.497 e. The molecule has 1 atom stereocenters. The van der Waals surface area contributed by atoms with E-state index >= 15 is 0 Å². The highest BCUT2D eigenvalue weighted by Crippen LogP contribution is 2.22. The molecule has 0 fully saturated rings. The number of carbonyl (C=O) groups excluding carboxylic acids is 1. The zero-order valence-electron chi connectivity index (χ0n) is 11.7. The van der Waals surface area contributed by atoms with Crippen LogP contribution >= 0.6 is 15.9 Å². The van der Waals surface area contributed by atoms with Crippen LogP contribution < -0.4 is 10.1 Å². The monoisotopic (exact) mass is 350 g/mol. The fourth-order valence-electron chi connectivity index (χ4n) is 1.78. The Kier molecular flexibility index (Phi) is 5.16. The van der Waals surface area contributed by atoms with Crippen molar-refractivity contribution in [2.45, 2.75) is 6.04 Å². The lowest BCUT2D eigenvalue weighted by atomic mass is 10.1. The molecule has 1 aromatic carbocycles. The Morgan fingerprint density at radius 1 is 1.19 bits per heavy atom. The van der Waals surface area contributed by atoms with Gasteiger partial charge in [-0.2, -0.15) is 0 Å². The van der Waals surface area contributed by atoms with Crippen LogP contribution in [0.1, 0.15) is 11.7 Å². The number of esters is 1. The second-order valence-electron chi connectivity index (χ2n) is 4.23. The van der Waals surface area contributed by atoms with Crippen LogP contribution in [0.25, 0.3) is 0 Å². The molecule has 5 nitrogen and oxygen atoms in total. The topological polar surface area (TPSA) is 60.5 Å². The van der Waals surface area contributed by atoms with Crippen LogP contribution in [0.2, 0.25) is 0 Å². The number of pyridine rings is 1. The van der Waals surface area contributed by atoms with Gasteiger partial charge in [-0.15, -0.1) is 0 Å². The number of hydrogen-bond donors (Lipinski definition) is 1. The Labute approximate surface area is 131 Å². The molecule has 1 N–H and O–H groups in total. The Morgan fingerprint density at radius 2 is 1.90 bits per heavy atom. The van der Waals surface area contributed by atoms with Crippen molar-refractivity contribution in [2.75, 3.05) is 19.5 Å². The third kappa shape index (κ3) is 3.95. The van der Waals surface area contributed by atoms with Gasteiger partial charge < -0.3 is 14.8 Å². The smallest absolute Gasteiger partial charge is 0.334 e. The second kappa shape index (κ2) is 7.08. The van der Waals surface area contributed by atoms with E-state index in [1.54, 1.807) is 19.4 Å². The number of methoxy groups -OCH3 is 2. The molecule has 0 radical (unpaired) electrons. The number of benzene rings is 1. The number of carbonyl (C=O) groups is 1. The van der Waals surface area contributed by atoms with Crippen LogP contribution in [0.15, 0.2) is 47.1 Å². The summed E-state index contributed by atoms with van der Waals surface area (Å²) in [5.74, 6) is 0.345. The van der Waals surface area contributed by atoms with Gasteiger partial charge >= 0.3 is 5.97 Å². The van der Waals surface area contributed by atoms with Crippen LogP contribution in [-0.4, -0.2) is 25.2 Å². The quantitative estimate of drug-likeness (QED) is 0.839. The lowest BCUT2D eigenvalue weighted by Gasteiger charge is -2.17. The molecular weight excluding hydrogens is 336 g/mol. The molecule has 0 aliphatic heterocycles. The van der Waals surface area contributed by atoms with Gasteiger partial charge in [0.15, 0.2) is 6.04 Å². The minimum atomic E-state index is -0.670. The van der Waals surface area contributed by atoms with Crippen molar-refractivity contribution in [1.82, 2.24) is 4.98 Å². The number of nitrogens with zero attached hydrogens (tertiary/aromatic N) is 1. The zero-order valence-corrected chi connectivity index (χ0v) is 13.3. The summed E-state index contributed by atoms with van der Waals surface area (Å²) >= 11 is 3.32. The molecule has 0 aliphatic carbocycles. The van der Waals surface area contributed by atoms with Crippen molar-refractivity contribution >= 4 is 27.6 Å². The van der Waals surface area contributed by atoms with Crippen molar-refractivity contribution in [1.29, 1.82) is 0 Å². The lowest BCUT2D eigenvalue weighted by Crippen LogP contribution is -2.23. The van der Waals surface area contributed by atoms with E-state index in [9.17, 15) is 4.79 Å². The summed E-state index contributed by atoms with van der Waals surface area (Å²) < 4.78 is 10.8. The van der Waals surface area contributed by atoms with Crippen LogP contribution in [0.3, 0.4) is 0 Å². The van der Waals surface area contributed by atoms with Crippen molar-refractivity contribution in [3.63, 3.8) is 0 Å². The van der Waals surface area contributed by atoms with Crippen LogP contribution in [0.4, 0.5) is 5.69 Å². The summed E-state index contributed by atoms with van der Waals surface area (Å²) in [6.07, 6.45) is 1.64. The van der Waals surface area contributed by atoms with E-state index in [-0.39, 0.29) is 0 Å². The van der Waals surface area contributed by atoms with E-state index in [0.717, 1.165) is 15.9 Å². The third-order valence-electron chi connectivity index (χ3n) is 2.88. The summed E-state index contributed by atoms with van der Waals surface area (Å²) in [5.41, 5.74) is 1.36. The first-order chi connectivity index (χ1) is 10.1. The first-order valence-corrected chi connectivity index (χ1v) is 7.03. The summed E-state index contributed by atoms with van der Waals surface area (Å²) in [6.45, 7) is 0. The van der Waals surface area contributed by atoms with Crippen LogP contribution in [-0.2, 0) is 9.53 Å². The average Bonchev–Trinajstić information content (AvgIpc) is 2.53. The maximum Gasteiger partial charge on any atom is 0.334 e. The van der Waals surface area contributed by atoms with Gasteiger partial charge in [0.25, 0.3) is 0 Å². The highest BCUT2D eigenvalue weighted by molar-refractivity contribution is 9.10. The number of nitrogens with one attached hydrogen (secondary N) is 1. The second-order valence-corrected chi connectivity index (χ2v) is 5.15. The molecule has 2 rings (SSSR count). The molecule has 0 aliphatic rings. The summed E-state index contributed by atoms with van der Waals surface area (Å²) in [6, 6.07) is 10.2. The minimum Gasteiger partial charge on any atom is -0.497 e. The zero-order chi connectivity index (χ0) is 15.2.